The number of hydrogen-bond donors (Lipinski definition) is 1. The molecule has 0 aliphatic heterocycles. The Bertz CT molecular complexity index is 534. The highest BCUT2D eigenvalue weighted by Crippen LogP contribution is 2.22. The van der Waals surface area contributed by atoms with Crippen molar-refractivity contribution in [3.05, 3.63) is 53.7 Å². The Balaban J connectivity index is 2.16. The topological polar surface area (TPSA) is 28.2 Å². The summed E-state index contributed by atoms with van der Waals surface area (Å²) < 4.78 is 0. The van der Waals surface area contributed by atoms with Crippen LogP contribution in [0.1, 0.15) is 25.1 Å². The SMILES string of the molecule is CCNCc1cccc(N(C)c2ccc(CC)cc2)n1. The van der Waals surface area contributed by atoms with Crippen molar-refractivity contribution in [1.29, 1.82) is 0 Å². The van der Waals surface area contributed by atoms with Gasteiger partial charge in [-0.25, -0.2) is 4.98 Å². The Morgan fingerprint density at radius 1 is 1.05 bits per heavy atom. The van der Waals surface area contributed by atoms with Crippen molar-refractivity contribution >= 4 is 11.5 Å². The zero-order valence-electron chi connectivity index (χ0n) is 12.6. The fraction of sp³-hybridized carbons (Fsp3) is 0.353. The second kappa shape index (κ2) is 7.06. The highest BCUT2D eigenvalue weighted by atomic mass is 15.2. The molecule has 0 amide bonds. The van der Waals surface area contributed by atoms with Crippen LogP contribution in [0.3, 0.4) is 0 Å². The van der Waals surface area contributed by atoms with Crippen molar-refractivity contribution in [1.82, 2.24) is 10.3 Å². The van der Waals surface area contributed by atoms with Crippen LogP contribution in [0, 0.1) is 0 Å². The summed E-state index contributed by atoms with van der Waals surface area (Å²) >= 11 is 0. The van der Waals surface area contributed by atoms with Gasteiger partial charge < -0.3 is 10.2 Å². The van der Waals surface area contributed by atoms with Crippen LogP contribution in [0.4, 0.5) is 11.5 Å². The van der Waals surface area contributed by atoms with Crippen LogP contribution < -0.4 is 10.2 Å². The smallest absolute Gasteiger partial charge is 0.133 e. The number of pyridine rings is 1. The highest BCUT2D eigenvalue weighted by molar-refractivity contribution is 5.59. The molecule has 0 saturated carbocycles. The molecule has 3 nitrogen and oxygen atoms in total. The number of aromatic nitrogens is 1. The molecule has 0 saturated heterocycles. The van der Waals surface area contributed by atoms with Crippen LogP contribution in [0.2, 0.25) is 0 Å². The van der Waals surface area contributed by atoms with E-state index in [1.165, 1.54) is 5.56 Å². The van der Waals surface area contributed by atoms with Crippen molar-refractivity contribution in [2.75, 3.05) is 18.5 Å². The molecule has 0 radical (unpaired) electrons. The summed E-state index contributed by atoms with van der Waals surface area (Å²) in [4.78, 5) is 6.81. The number of hydrogen-bond acceptors (Lipinski definition) is 3. The van der Waals surface area contributed by atoms with E-state index in [4.69, 9.17) is 4.98 Å². The van der Waals surface area contributed by atoms with E-state index < -0.39 is 0 Å². The van der Waals surface area contributed by atoms with E-state index in [1.807, 2.05) is 6.07 Å². The van der Waals surface area contributed by atoms with Crippen LogP contribution in [0.15, 0.2) is 42.5 Å². The van der Waals surface area contributed by atoms with Gasteiger partial charge in [-0.15, -0.1) is 0 Å². The Kier molecular flexibility index (Phi) is 5.13. The van der Waals surface area contributed by atoms with E-state index in [-0.39, 0.29) is 0 Å². The average Bonchev–Trinajstić information content (AvgIpc) is 2.52. The Morgan fingerprint density at radius 3 is 2.45 bits per heavy atom. The molecule has 2 rings (SSSR count). The number of nitrogens with zero attached hydrogens (tertiary/aromatic N) is 2. The third-order valence-corrected chi connectivity index (χ3v) is 3.42. The summed E-state index contributed by atoms with van der Waals surface area (Å²) in [5.41, 5.74) is 3.59. The molecule has 0 bridgehead atoms. The highest BCUT2D eigenvalue weighted by Gasteiger charge is 2.06. The molecule has 20 heavy (non-hydrogen) atoms. The van der Waals surface area contributed by atoms with E-state index in [9.17, 15) is 0 Å². The maximum atomic E-state index is 4.69. The van der Waals surface area contributed by atoms with Crippen LogP contribution in [0.5, 0.6) is 0 Å². The fourth-order valence-corrected chi connectivity index (χ4v) is 2.09. The number of aryl methyl sites for hydroxylation is 1. The summed E-state index contributed by atoms with van der Waals surface area (Å²) in [7, 11) is 2.06. The lowest BCUT2D eigenvalue weighted by molar-refractivity contribution is 0.710. The Labute approximate surface area is 121 Å². The average molecular weight is 269 g/mol. The quantitative estimate of drug-likeness (QED) is 0.869. The van der Waals surface area contributed by atoms with Crippen molar-refractivity contribution in [2.24, 2.45) is 0 Å². The molecular weight excluding hydrogens is 246 g/mol. The second-order valence-electron chi connectivity index (χ2n) is 4.85. The number of rotatable bonds is 6. The first kappa shape index (κ1) is 14.5. The van der Waals surface area contributed by atoms with Gasteiger partial charge in [-0.1, -0.05) is 32.0 Å². The van der Waals surface area contributed by atoms with E-state index >= 15 is 0 Å². The summed E-state index contributed by atoms with van der Waals surface area (Å²) in [6.45, 7) is 6.04. The standard InChI is InChI=1S/C17H23N3/c1-4-14-9-11-16(12-10-14)20(3)17-8-6-7-15(19-17)13-18-5-2/h6-12,18H,4-5,13H2,1-3H3. The van der Waals surface area contributed by atoms with Crippen molar-refractivity contribution < 1.29 is 0 Å². The molecule has 1 aromatic carbocycles. The minimum absolute atomic E-state index is 0.812. The minimum Gasteiger partial charge on any atom is -0.329 e. The Morgan fingerprint density at radius 2 is 1.80 bits per heavy atom. The van der Waals surface area contributed by atoms with Crippen LogP contribution >= 0.6 is 0 Å². The van der Waals surface area contributed by atoms with Gasteiger partial charge in [0.15, 0.2) is 0 Å². The number of nitrogens with one attached hydrogen (secondary N) is 1. The zero-order chi connectivity index (χ0) is 14.4. The van der Waals surface area contributed by atoms with E-state index in [2.05, 4.69) is 67.5 Å². The third kappa shape index (κ3) is 3.58. The van der Waals surface area contributed by atoms with Crippen LogP contribution in [0.25, 0.3) is 0 Å². The summed E-state index contributed by atoms with van der Waals surface area (Å²) in [5.74, 6) is 0.977. The summed E-state index contributed by atoms with van der Waals surface area (Å²) in [5, 5.41) is 3.30. The molecule has 1 heterocycles. The molecule has 0 unspecified atom stereocenters. The molecule has 0 atom stereocenters. The van der Waals surface area contributed by atoms with E-state index in [1.54, 1.807) is 0 Å². The predicted molar refractivity (Wildman–Crippen MR) is 85.5 cm³/mol. The molecule has 2 aromatic rings. The lowest BCUT2D eigenvalue weighted by atomic mass is 10.1. The third-order valence-electron chi connectivity index (χ3n) is 3.42. The van der Waals surface area contributed by atoms with E-state index in [0.717, 1.165) is 36.7 Å². The number of benzene rings is 1. The summed E-state index contributed by atoms with van der Waals surface area (Å²) in [6.07, 6.45) is 1.07. The fourth-order valence-electron chi connectivity index (χ4n) is 2.09. The maximum absolute atomic E-state index is 4.69. The lowest BCUT2D eigenvalue weighted by Crippen LogP contribution is -2.15. The van der Waals surface area contributed by atoms with Gasteiger partial charge in [0.25, 0.3) is 0 Å². The first-order chi connectivity index (χ1) is 9.74. The molecule has 0 aliphatic rings. The molecule has 0 aliphatic carbocycles. The molecule has 1 N–H and O–H groups in total. The van der Waals surface area contributed by atoms with Crippen LogP contribution in [-0.4, -0.2) is 18.6 Å². The van der Waals surface area contributed by atoms with Gasteiger partial charge in [-0.3, -0.25) is 0 Å². The van der Waals surface area contributed by atoms with Gasteiger partial charge in [-0.05, 0) is 42.8 Å². The normalized spacial score (nSPS) is 10.6. The van der Waals surface area contributed by atoms with Gasteiger partial charge in [-0.2, -0.15) is 0 Å². The Hall–Kier alpha value is -1.87. The first-order valence-electron chi connectivity index (χ1n) is 7.24. The second-order valence-corrected chi connectivity index (χ2v) is 4.85. The molecular formula is C17H23N3. The minimum atomic E-state index is 0.812. The van der Waals surface area contributed by atoms with Crippen molar-refractivity contribution in [2.45, 2.75) is 26.8 Å². The largest absolute Gasteiger partial charge is 0.329 e. The van der Waals surface area contributed by atoms with Gasteiger partial charge in [0, 0.05) is 19.3 Å². The molecule has 106 valence electrons. The molecule has 0 fully saturated rings. The lowest BCUT2D eigenvalue weighted by Gasteiger charge is -2.19. The van der Waals surface area contributed by atoms with Gasteiger partial charge in [0.05, 0.1) is 5.69 Å². The molecule has 0 spiro atoms. The first-order valence-corrected chi connectivity index (χ1v) is 7.24. The van der Waals surface area contributed by atoms with Crippen LogP contribution in [-0.2, 0) is 13.0 Å². The van der Waals surface area contributed by atoms with E-state index in [0.29, 0.717) is 0 Å². The monoisotopic (exact) mass is 269 g/mol. The van der Waals surface area contributed by atoms with Crippen molar-refractivity contribution in [3.63, 3.8) is 0 Å². The summed E-state index contributed by atoms with van der Waals surface area (Å²) in [6, 6.07) is 14.8. The zero-order valence-corrected chi connectivity index (χ0v) is 12.6. The van der Waals surface area contributed by atoms with Crippen molar-refractivity contribution in [3.8, 4) is 0 Å². The molecule has 1 aromatic heterocycles. The molecule has 3 heteroatoms. The predicted octanol–water partition coefficient (Wildman–Crippen LogP) is 3.52. The van der Waals surface area contributed by atoms with Gasteiger partial charge >= 0.3 is 0 Å². The maximum Gasteiger partial charge on any atom is 0.133 e. The number of anilines is 2. The van der Waals surface area contributed by atoms with Gasteiger partial charge in [0.2, 0.25) is 0 Å². The van der Waals surface area contributed by atoms with Gasteiger partial charge in [0.1, 0.15) is 5.82 Å².